The van der Waals surface area contributed by atoms with Crippen LogP contribution in [0.5, 0.6) is 0 Å². The molecule has 2 N–H and O–H groups in total. The lowest BCUT2D eigenvalue weighted by atomic mass is 10.1. The molecule has 7 nitrogen and oxygen atoms in total. The normalized spacial score (nSPS) is 15.2. The monoisotopic (exact) mass is 301 g/mol. The van der Waals surface area contributed by atoms with Crippen LogP contribution < -0.4 is 5.84 Å². The average Bonchev–Trinajstić information content (AvgIpc) is 2.95. The van der Waals surface area contributed by atoms with Crippen molar-refractivity contribution in [1.29, 1.82) is 0 Å². The fourth-order valence-electron chi connectivity index (χ4n) is 2.28. The molecule has 0 radical (unpaired) electrons. The summed E-state index contributed by atoms with van der Waals surface area (Å²) in [5.41, 5.74) is 0.701. The molecule has 1 aliphatic heterocycles. The van der Waals surface area contributed by atoms with Crippen molar-refractivity contribution >= 4 is 24.4 Å². The SMILES string of the molecule is C=CC(c1nnc(S)n1N)N1C(=O)c2ccccc2C1=O. The zero-order valence-corrected chi connectivity index (χ0v) is 11.7. The van der Waals surface area contributed by atoms with Crippen LogP contribution in [-0.2, 0) is 0 Å². The Morgan fingerprint density at radius 1 is 1.19 bits per heavy atom. The Kier molecular flexibility index (Phi) is 3.02. The first-order valence-electron chi connectivity index (χ1n) is 6.05. The second-order valence-corrected chi connectivity index (χ2v) is 4.83. The first kappa shape index (κ1) is 13.4. The van der Waals surface area contributed by atoms with E-state index in [-0.39, 0.29) is 11.0 Å². The standard InChI is InChI=1S/C13H11N5O2S/c1-2-9(10-15-16-13(21)18(10)14)17-11(19)7-5-3-4-6-8(7)12(17)20/h2-6,9H,1,14H2,(H,16,21). The fraction of sp³-hybridized carbons (Fsp3) is 0.0769. The number of nitrogens with two attached hydrogens (primary N) is 1. The van der Waals surface area contributed by atoms with E-state index in [2.05, 4.69) is 29.4 Å². The van der Waals surface area contributed by atoms with Gasteiger partial charge in [0.1, 0.15) is 6.04 Å². The Balaban J connectivity index is 2.08. The summed E-state index contributed by atoms with van der Waals surface area (Å²) in [5, 5.41) is 7.74. The fourth-order valence-corrected chi connectivity index (χ4v) is 2.43. The lowest BCUT2D eigenvalue weighted by molar-refractivity contribution is 0.0607. The van der Waals surface area contributed by atoms with Gasteiger partial charge < -0.3 is 5.84 Å². The van der Waals surface area contributed by atoms with Crippen LogP contribution in [0.3, 0.4) is 0 Å². The average molecular weight is 301 g/mol. The summed E-state index contributed by atoms with van der Waals surface area (Å²) in [6.45, 7) is 3.66. The van der Waals surface area contributed by atoms with Gasteiger partial charge in [-0.15, -0.1) is 29.4 Å². The maximum absolute atomic E-state index is 12.4. The minimum absolute atomic E-state index is 0.174. The van der Waals surface area contributed by atoms with Crippen molar-refractivity contribution in [1.82, 2.24) is 19.8 Å². The number of carbonyl (C=O) groups is 2. The molecule has 2 aromatic rings. The Bertz CT molecular complexity index is 735. The topological polar surface area (TPSA) is 94.1 Å². The van der Waals surface area contributed by atoms with Crippen molar-refractivity contribution in [3.05, 3.63) is 53.9 Å². The number of aromatic nitrogens is 3. The van der Waals surface area contributed by atoms with Crippen molar-refractivity contribution in [3.8, 4) is 0 Å². The summed E-state index contributed by atoms with van der Waals surface area (Å²) < 4.78 is 1.11. The highest BCUT2D eigenvalue weighted by atomic mass is 32.1. The smallest absolute Gasteiger partial charge is 0.262 e. The minimum atomic E-state index is -0.809. The second-order valence-electron chi connectivity index (χ2n) is 4.43. The maximum Gasteiger partial charge on any atom is 0.262 e. The predicted molar refractivity (Wildman–Crippen MR) is 77.3 cm³/mol. The summed E-state index contributed by atoms with van der Waals surface area (Å²) >= 11 is 4.03. The van der Waals surface area contributed by atoms with E-state index in [1.807, 2.05) is 0 Å². The zero-order valence-electron chi connectivity index (χ0n) is 10.8. The van der Waals surface area contributed by atoms with Crippen molar-refractivity contribution < 1.29 is 9.59 Å². The van der Waals surface area contributed by atoms with Gasteiger partial charge in [0.05, 0.1) is 11.1 Å². The Morgan fingerprint density at radius 2 is 1.76 bits per heavy atom. The molecule has 1 atom stereocenters. The molecule has 1 aliphatic rings. The van der Waals surface area contributed by atoms with Crippen LogP contribution in [0.1, 0.15) is 32.6 Å². The maximum atomic E-state index is 12.4. The number of fused-ring (bicyclic) bond motifs is 1. The molecule has 3 rings (SSSR count). The molecule has 8 heteroatoms. The summed E-state index contributed by atoms with van der Waals surface area (Å²) in [7, 11) is 0. The van der Waals surface area contributed by atoms with Gasteiger partial charge in [0.2, 0.25) is 5.16 Å². The quantitative estimate of drug-likeness (QED) is 0.378. The van der Waals surface area contributed by atoms with Gasteiger partial charge in [0.15, 0.2) is 5.82 Å². The van der Waals surface area contributed by atoms with Gasteiger partial charge in [-0.1, -0.05) is 18.2 Å². The molecule has 2 amide bonds. The number of nitrogen functional groups attached to an aromatic ring is 1. The third-order valence-electron chi connectivity index (χ3n) is 3.30. The van der Waals surface area contributed by atoms with E-state index in [4.69, 9.17) is 5.84 Å². The third kappa shape index (κ3) is 1.83. The zero-order chi connectivity index (χ0) is 15.1. The Morgan fingerprint density at radius 3 is 2.19 bits per heavy atom. The highest BCUT2D eigenvalue weighted by Gasteiger charge is 2.41. The molecule has 0 aliphatic carbocycles. The molecule has 0 saturated heterocycles. The van der Waals surface area contributed by atoms with Gasteiger partial charge in [-0.05, 0) is 12.1 Å². The second kappa shape index (κ2) is 4.74. The van der Waals surface area contributed by atoms with E-state index in [9.17, 15) is 9.59 Å². The van der Waals surface area contributed by atoms with Gasteiger partial charge >= 0.3 is 0 Å². The summed E-state index contributed by atoms with van der Waals surface area (Å²) in [4.78, 5) is 25.9. The summed E-state index contributed by atoms with van der Waals surface area (Å²) in [6, 6.07) is 5.80. The molecule has 1 unspecified atom stereocenters. The Labute approximate surface area is 125 Å². The van der Waals surface area contributed by atoms with E-state index in [1.165, 1.54) is 6.08 Å². The molecule has 0 bridgehead atoms. The van der Waals surface area contributed by atoms with E-state index >= 15 is 0 Å². The predicted octanol–water partition coefficient (Wildman–Crippen LogP) is 0.804. The van der Waals surface area contributed by atoms with Crippen LogP contribution in [0.4, 0.5) is 0 Å². The number of thiol groups is 1. The molecule has 0 saturated carbocycles. The molecule has 1 aromatic carbocycles. The number of hydrogen-bond acceptors (Lipinski definition) is 6. The van der Waals surface area contributed by atoms with Crippen LogP contribution in [-0.4, -0.2) is 31.6 Å². The van der Waals surface area contributed by atoms with Crippen molar-refractivity contribution in [2.45, 2.75) is 11.2 Å². The Hall–Kier alpha value is -2.61. The first-order chi connectivity index (χ1) is 10.1. The molecular formula is C13H11N5O2S. The van der Waals surface area contributed by atoms with E-state index in [0.29, 0.717) is 11.1 Å². The lowest BCUT2D eigenvalue weighted by Crippen LogP contribution is -2.35. The van der Waals surface area contributed by atoms with E-state index in [0.717, 1.165) is 9.58 Å². The van der Waals surface area contributed by atoms with Gasteiger partial charge in [-0.25, -0.2) is 4.68 Å². The van der Waals surface area contributed by atoms with Crippen LogP contribution in [0.15, 0.2) is 42.1 Å². The number of amides is 2. The number of benzene rings is 1. The highest BCUT2D eigenvalue weighted by Crippen LogP contribution is 2.31. The van der Waals surface area contributed by atoms with Crippen LogP contribution in [0.25, 0.3) is 0 Å². The molecule has 21 heavy (non-hydrogen) atoms. The largest absolute Gasteiger partial charge is 0.335 e. The molecule has 1 aromatic heterocycles. The molecular weight excluding hydrogens is 290 g/mol. The summed E-state index contributed by atoms with van der Waals surface area (Å²) in [6.07, 6.45) is 1.42. The van der Waals surface area contributed by atoms with Crippen LogP contribution in [0, 0.1) is 0 Å². The van der Waals surface area contributed by atoms with Gasteiger partial charge in [0, 0.05) is 0 Å². The number of rotatable bonds is 3. The van der Waals surface area contributed by atoms with Crippen molar-refractivity contribution in [2.24, 2.45) is 0 Å². The third-order valence-corrected chi connectivity index (χ3v) is 3.60. The van der Waals surface area contributed by atoms with Crippen LogP contribution >= 0.6 is 12.6 Å². The minimum Gasteiger partial charge on any atom is -0.335 e. The number of imide groups is 1. The number of carbonyl (C=O) groups excluding carboxylic acids is 2. The molecule has 2 heterocycles. The van der Waals surface area contributed by atoms with Gasteiger partial charge in [-0.2, -0.15) is 0 Å². The lowest BCUT2D eigenvalue weighted by Gasteiger charge is -2.21. The van der Waals surface area contributed by atoms with E-state index < -0.39 is 17.9 Å². The number of nitrogens with zero attached hydrogens (tertiary/aromatic N) is 4. The molecule has 0 fully saturated rings. The number of hydrogen-bond donors (Lipinski definition) is 2. The van der Waals surface area contributed by atoms with Gasteiger partial charge in [-0.3, -0.25) is 14.5 Å². The van der Waals surface area contributed by atoms with Crippen molar-refractivity contribution in [2.75, 3.05) is 5.84 Å². The molecule has 106 valence electrons. The molecule has 0 spiro atoms. The van der Waals surface area contributed by atoms with Crippen LogP contribution in [0.2, 0.25) is 0 Å². The first-order valence-corrected chi connectivity index (χ1v) is 6.49. The van der Waals surface area contributed by atoms with Crippen molar-refractivity contribution in [3.63, 3.8) is 0 Å². The highest BCUT2D eigenvalue weighted by molar-refractivity contribution is 7.80. The summed E-state index contributed by atoms with van der Waals surface area (Å²) in [5.74, 6) is 5.15. The van der Waals surface area contributed by atoms with E-state index in [1.54, 1.807) is 24.3 Å². The van der Waals surface area contributed by atoms with Gasteiger partial charge in [0.25, 0.3) is 11.8 Å².